The summed E-state index contributed by atoms with van der Waals surface area (Å²) in [6, 6.07) is 2.37. The lowest BCUT2D eigenvalue weighted by atomic mass is 9.72. The van der Waals surface area contributed by atoms with Gasteiger partial charge in [0, 0.05) is 19.0 Å². The normalized spacial score (nSPS) is 29.9. The van der Waals surface area contributed by atoms with Gasteiger partial charge in [0.05, 0.1) is 12.5 Å². The topological polar surface area (TPSA) is 35.8 Å². The summed E-state index contributed by atoms with van der Waals surface area (Å²) >= 11 is 0. The smallest absolute Gasteiger partial charge is 0.314 e. The number of hydrogen-bond donors (Lipinski definition) is 1. The number of halogens is 3. The molecular weight excluding hydrogens is 229 g/mol. The molecule has 0 saturated heterocycles. The lowest BCUT2D eigenvalue weighted by molar-refractivity contribution is -0.133. The molecule has 1 aliphatic rings. The van der Waals surface area contributed by atoms with Gasteiger partial charge in [0.25, 0.3) is 0 Å². The molecule has 2 nitrogen and oxygen atoms in total. The molecule has 0 aliphatic heterocycles. The van der Waals surface area contributed by atoms with E-state index in [1.165, 1.54) is 0 Å². The SMILES string of the molecule is C[C@]1(CC#N)CC[C@H](NCCC(F)(F)F)CC1. The van der Waals surface area contributed by atoms with E-state index in [0.717, 1.165) is 25.7 Å². The van der Waals surface area contributed by atoms with Crippen molar-refractivity contribution in [3.05, 3.63) is 0 Å². The summed E-state index contributed by atoms with van der Waals surface area (Å²) in [7, 11) is 0. The fraction of sp³-hybridized carbons (Fsp3) is 0.917. The van der Waals surface area contributed by atoms with Crippen LogP contribution < -0.4 is 5.32 Å². The summed E-state index contributed by atoms with van der Waals surface area (Å²) in [5.74, 6) is 0. The summed E-state index contributed by atoms with van der Waals surface area (Å²) in [6.45, 7) is 2.09. The Hall–Kier alpha value is -0.760. The molecule has 1 aliphatic carbocycles. The third-order valence-corrected chi connectivity index (χ3v) is 3.54. The van der Waals surface area contributed by atoms with Crippen molar-refractivity contribution < 1.29 is 13.2 Å². The first-order valence-corrected chi connectivity index (χ1v) is 6.02. The third-order valence-electron chi connectivity index (χ3n) is 3.54. The quantitative estimate of drug-likeness (QED) is 0.827. The highest BCUT2D eigenvalue weighted by atomic mass is 19.4. The molecule has 1 rings (SSSR count). The van der Waals surface area contributed by atoms with Gasteiger partial charge in [-0.1, -0.05) is 6.92 Å². The molecule has 0 aromatic rings. The molecule has 0 radical (unpaired) electrons. The fourth-order valence-electron chi connectivity index (χ4n) is 2.30. The van der Waals surface area contributed by atoms with Gasteiger partial charge < -0.3 is 5.32 Å². The molecule has 1 saturated carbocycles. The van der Waals surface area contributed by atoms with Gasteiger partial charge in [-0.05, 0) is 31.1 Å². The van der Waals surface area contributed by atoms with E-state index >= 15 is 0 Å². The van der Waals surface area contributed by atoms with E-state index in [4.69, 9.17) is 5.26 Å². The highest BCUT2D eigenvalue weighted by Gasteiger charge is 2.31. The number of alkyl halides is 3. The van der Waals surface area contributed by atoms with E-state index in [-0.39, 0.29) is 18.0 Å². The van der Waals surface area contributed by atoms with Gasteiger partial charge in [0.15, 0.2) is 0 Å². The predicted octanol–water partition coefficient (Wildman–Crippen LogP) is 3.39. The minimum atomic E-state index is -4.07. The van der Waals surface area contributed by atoms with Gasteiger partial charge in [-0.2, -0.15) is 18.4 Å². The van der Waals surface area contributed by atoms with Gasteiger partial charge in [-0.3, -0.25) is 0 Å². The highest BCUT2D eigenvalue weighted by Crippen LogP contribution is 2.38. The van der Waals surface area contributed by atoms with E-state index in [1.807, 2.05) is 0 Å². The van der Waals surface area contributed by atoms with Crippen LogP contribution >= 0.6 is 0 Å². The summed E-state index contributed by atoms with van der Waals surface area (Å²) in [5, 5.41) is 11.6. The zero-order chi connectivity index (χ0) is 12.9. The van der Waals surface area contributed by atoms with Crippen LogP contribution in [0.25, 0.3) is 0 Å². The molecular formula is C12H19F3N2. The van der Waals surface area contributed by atoms with E-state index in [0.29, 0.717) is 6.42 Å². The molecule has 0 atom stereocenters. The van der Waals surface area contributed by atoms with Crippen molar-refractivity contribution in [3.63, 3.8) is 0 Å². The Balaban J connectivity index is 2.22. The van der Waals surface area contributed by atoms with Crippen molar-refractivity contribution in [1.82, 2.24) is 5.32 Å². The van der Waals surface area contributed by atoms with Crippen molar-refractivity contribution in [2.75, 3.05) is 6.54 Å². The first-order valence-electron chi connectivity index (χ1n) is 6.02. The number of nitrogens with one attached hydrogen (secondary N) is 1. The van der Waals surface area contributed by atoms with Crippen molar-refractivity contribution in [2.45, 2.75) is 57.7 Å². The maximum absolute atomic E-state index is 12.0. The first-order chi connectivity index (χ1) is 7.85. The Labute approximate surface area is 100 Å². The molecule has 0 aromatic heterocycles. The zero-order valence-electron chi connectivity index (χ0n) is 10.1. The molecule has 0 heterocycles. The van der Waals surface area contributed by atoms with E-state index in [1.54, 1.807) is 0 Å². The second kappa shape index (κ2) is 5.72. The summed E-state index contributed by atoms with van der Waals surface area (Å²) in [6.07, 6.45) is -0.710. The highest BCUT2D eigenvalue weighted by molar-refractivity contribution is 4.91. The molecule has 0 amide bonds. The number of nitrogens with zero attached hydrogens (tertiary/aromatic N) is 1. The van der Waals surface area contributed by atoms with Crippen LogP contribution in [0.4, 0.5) is 13.2 Å². The van der Waals surface area contributed by atoms with Gasteiger partial charge >= 0.3 is 6.18 Å². The number of nitriles is 1. The van der Waals surface area contributed by atoms with Gasteiger partial charge in [0.2, 0.25) is 0 Å². The number of hydrogen-bond acceptors (Lipinski definition) is 2. The van der Waals surface area contributed by atoms with Crippen LogP contribution in [-0.4, -0.2) is 18.8 Å². The molecule has 98 valence electrons. The predicted molar refractivity (Wildman–Crippen MR) is 59.3 cm³/mol. The molecule has 0 spiro atoms. The molecule has 5 heteroatoms. The summed E-state index contributed by atoms with van der Waals surface area (Å²) < 4.78 is 35.9. The molecule has 0 aromatic carbocycles. The molecule has 1 fully saturated rings. The molecule has 17 heavy (non-hydrogen) atoms. The fourth-order valence-corrected chi connectivity index (χ4v) is 2.30. The van der Waals surface area contributed by atoms with Crippen LogP contribution in [0.1, 0.15) is 45.4 Å². The zero-order valence-corrected chi connectivity index (χ0v) is 10.1. The van der Waals surface area contributed by atoms with Crippen LogP contribution in [0.2, 0.25) is 0 Å². The average Bonchev–Trinajstić information content (AvgIpc) is 2.20. The third kappa shape index (κ3) is 5.40. The Morgan fingerprint density at radius 1 is 1.35 bits per heavy atom. The Bertz CT molecular complexity index is 272. The van der Waals surface area contributed by atoms with Crippen LogP contribution in [0.3, 0.4) is 0 Å². The van der Waals surface area contributed by atoms with Crippen molar-refractivity contribution in [2.24, 2.45) is 5.41 Å². The second-order valence-electron chi connectivity index (χ2n) is 5.24. The minimum absolute atomic E-state index is 0.00311. The van der Waals surface area contributed by atoms with Gasteiger partial charge in [0.1, 0.15) is 0 Å². The number of rotatable bonds is 4. The summed E-state index contributed by atoms with van der Waals surface area (Å²) in [5.41, 5.74) is 0.0664. The van der Waals surface area contributed by atoms with Crippen molar-refractivity contribution >= 4 is 0 Å². The van der Waals surface area contributed by atoms with Crippen LogP contribution in [-0.2, 0) is 0 Å². The first kappa shape index (κ1) is 14.3. The van der Waals surface area contributed by atoms with Crippen LogP contribution in [0, 0.1) is 16.7 Å². The largest absolute Gasteiger partial charge is 0.390 e. The summed E-state index contributed by atoms with van der Waals surface area (Å²) in [4.78, 5) is 0. The Kier molecular flexibility index (Phi) is 4.81. The van der Waals surface area contributed by atoms with Crippen LogP contribution in [0.15, 0.2) is 0 Å². The van der Waals surface area contributed by atoms with Gasteiger partial charge in [-0.25, -0.2) is 0 Å². The Morgan fingerprint density at radius 3 is 2.41 bits per heavy atom. The second-order valence-corrected chi connectivity index (χ2v) is 5.24. The lowest BCUT2D eigenvalue weighted by Crippen LogP contribution is -2.38. The van der Waals surface area contributed by atoms with E-state index in [2.05, 4.69) is 18.3 Å². The molecule has 0 unspecified atom stereocenters. The van der Waals surface area contributed by atoms with E-state index in [9.17, 15) is 13.2 Å². The van der Waals surface area contributed by atoms with Crippen LogP contribution in [0.5, 0.6) is 0 Å². The monoisotopic (exact) mass is 248 g/mol. The molecule has 0 bridgehead atoms. The van der Waals surface area contributed by atoms with Gasteiger partial charge in [-0.15, -0.1) is 0 Å². The van der Waals surface area contributed by atoms with Crippen molar-refractivity contribution in [1.29, 1.82) is 5.26 Å². The molecule has 1 N–H and O–H groups in total. The maximum Gasteiger partial charge on any atom is 0.390 e. The minimum Gasteiger partial charge on any atom is -0.314 e. The Morgan fingerprint density at radius 2 is 1.94 bits per heavy atom. The average molecular weight is 248 g/mol. The van der Waals surface area contributed by atoms with Crippen molar-refractivity contribution in [3.8, 4) is 6.07 Å². The van der Waals surface area contributed by atoms with E-state index < -0.39 is 12.6 Å². The standard InChI is InChI=1S/C12H19F3N2/c1-11(6-8-16)4-2-10(3-5-11)17-9-7-12(13,14)15/h10,17H,2-7,9H2,1H3/t10-,11-. The lowest BCUT2D eigenvalue weighted by Gasteiger charge is -2.36. The maximum atomic E-state index is 12.0.